The zero-order valence-electron chi connectivity index (χ0n) is 9.43. The van der Waals surface area contributed by atoms with Gasteiger partial charge in [0.2, 0.25) is 0 Å². The first kappa shape index (κ1) is 11.7. The van der Waals surface area contributed by atoms with E-state index in [1.165, 1.54) is 12.1 Å². The third kappa shape index (κ3) is 2.50. The summed E-state index contributed by atoms with van der Waals surface area (Å²) in [5.74, 6) is 0.629. The van der Waals surface area contributed by atoms with Crippen molar-refractivity contribution < 1.29 is 4.39 Å². The average molecular weight is 240 g/mol. The zero-order valence-corrected chi connectivity index (χ0v) is 10.3. The van der Waals surface area contributed by atoms with Crippen molar-refractivity contribution in [2.45, 2.75) is 13.0 Å². The third-order valence-electron chi connectivity index (χ3n) is 3.14. The molecule has 4 heteroatoms. The van der Waals surface area contributed by atoms with Crippen LogP contribution in [-0.4, -0.2) is 36.5 Å². The normalized spacial score (nSPS) is 22.4. The minimum atomic E-state index is -0.175. The van der Waals surface area contributed by atoms with E-state index >= 15 is 0 Å². The second-order valence-corrected chi connectivity index (χ2v) is 4.51. The zero-order chi connectivity index (χ0) is 11.5. The Balaban J connectivity index is 2.04. The van der Waals surface area contributed by atoms with Gasteiger partial charge in [-0.05, 0) is 31.2 Å². The number of hydrogen-bond acceptors (Lipinski definition) is 3. The van der Waals surface area contributed by atoms with E-state index in [1.807, 2.05) is 12.1 Å². The molecule has 1 saturated heterocycles. The molecule has 0 aliphatic carbocycles. The Morgan fingerprint density at radius 2 is 2.00 bits per heavy atom. The molecule has 1 unspecified atom stereocenters. The quantitative estimate of drug-likeness (QED) is 0.792. The Labute approximate surface area is 101 Å². The summed E-state index contributed by atoms with van der Waals surface area (Å²) in [6.45, 7) is 5.18. The van der Waals surface area contributed by atoms with E-state index in [2.05, 4.69) is 29.4 Å². The minimum Gasteiger partial charge on any atom is -0.369 e. The molecule has 88 valence electrons. The van der Waals surface area contributed by atoms with Crippen molar-refractivity contribution in [3.05, 3.63) is 30.1 Å². The van der Waals surface area contributed by atoms with Gasteiger partial charge in [-0.15, -0.1) is 0 Å². The molecule has 1 aliphatic rings. The number of nitrogens with zero attached hydrogens (tertiary/aromatic N) is 2. The monoisotopic (exact) mass is 240 g/mol. The molecule has 2 rings (SSSR count). The summed E-state index contributed by atoms with van der Waals surface area (Å²) >= 11 is 4.31. The van der Waals surface area contributed by atoms with Crippen molar-refractivity contribution in [3.8, 4) is 0 Å². The SMILES string of the molecule is CC1CN(c2ccc(F)cc2)CCN1CS. The van der Waals surface area contributed by atoms with E-state index in [0.29, 0.717) is 6.04 Å². The number of thiol groups is 1. The van der Waals surface area contributed by atoms with Gasteiger partial charge in [-0.25, -0.2) is 4.39 Å². The highest BCUT2D eigenvalue weighted by Gasteiger charge is 2.22. The second kappa shape index (κ2) is 5.06. The molecule has 1 aromatic rings. The van der Waals surface area contributed by atoms with Crippen LogP contribution in [-0.2, 0) is 0 Å². The molecule has 1 atom stereocenters. The van der Waals surface area contributed by atoms with Crippen LogP contribution in [0.1, 0.15) is 6.92 Å². The predicted octanol–water partition coefficient (Wildman–Crippen LogP) is 2.22. The Morgan fingerprint density at radius 3 is 2.56 bits per heavy atom. The predicted molar refractivity (Wildman–Crippen MR) is 68.6 cm³/mol. The number of benzene rings is 1. The molecule has 0 aromatic heterocycles. The van der Waals surface area contributed by atoms with Crippen LogP contribution in [0.15, 0.2) is 24.3 Å². The number of rotatable bonds is 2. The van der Waals surface area contributed by atoms with Crippen LogP contribution < -0.4 is 4.90 Å². The molecule has 0 N–H and O–H groups in total. The summed E-state index contributed by atoms with van der Waals surface area (Å²) in [6.07, 6.45) is 0. The summed E-state index contributed by atoms with van der Waals surface area (Å²) < 4.78 is 12.8. The topological polar surface area (TPSA) is 6.48 Å². The lowest BCUT2D eigenvalue weighted by molar-refractivity contribution is 0.224. The minimum absolute atomic E-state index is 0.175. The van der Waals surface area contributed by atoms with E-state index in [4.69, 9.17) is 0 Å². The number of anilines is 1. The largest absolute Gasteiger partial charge is 0.369 e. The molecule has 1 fully saturated rings. The fourth-order valence-corrected chi connectivity index (χ4v) is 2.51. The first-order chi connectivity index (χ1) is 7.70. The molecule has 0 amide bonds. The molecule has 16 heavy (non-hydrogen) atoms. The van der Waals surface area contributed by atoms with Crippen molar-refractivity contribution in [1.82, 2.24) is 4.90 Å². The summed E-state index contributed by atoms with van der Waals surface area (Å²) in [4.78, 5) is 4.63. The van der Waals surface area contributed by atoms with Crippen LogP contribution in [0.2, 0.25) is 0 Å². The lowest BCUT2D eigenvalue weighted by atomic mass is 10.2. The van der Waals surface area contributed by atoms with Crippen molar-refractivity contribution in [3.63, 3.8) is 0 Å². The van der Waals surface area contributed by atoms with E-state index in [0.717, 1.165) is 31.2 Å². The van der Waals surface area contributed by atoms with Gasteiger partial charge in [-0.3, -0.25) is 4.90 Å². The Kier molecular flexibility index (Phi) is 3.71. The van der Waals surface area contributed by atoms with Crippen molar-refractivity contribution in [2.75, 3.05) is 30.4 Å². The van der Waals surface area contributed by atoms with E-state index in [-0.39, 0.29) is 5.82 Å². The molecule has 0 saturated carbocycles. The first-order valence-corrected chi connectivity index (χ1v) is 6.19. The Morgan fingerprint density at radius 1 is 1.31 bits per heavy atom. The van der Waals surface area contributed by atoms with Crippen molar-refractivity contribution in [1.29, 1.82) is 0 Å². The highest BCUT2D eigenvalue weighted by molar-refractivity contribution is 7.80. The highest BCUT2D eigenvalue weighted by atomic mass is 32.1. The van der Waals surface area contributed by atoms with Crippen LogP contribution in [0.4, 0.5) is 10.1 Å². The lowest BCUT2D eigenvalue weighted by Gasteiger charge is -2.40. The van der Waals surface area contributed by atoms with Gasteiger partial charge in [-0.2, -0.15) is 12.6 Å². The van der Waals surface area contributed by atoms with Crippen LogP contribution in [0.5, 0.6) is 0 Å². The summed E-state index contributed by atoms with van der Waals surface area (Å²) in [5.41, 5.74) is 1.10. The first-order valence-electron chi connectivity index (χ1n) is 5.56. The molecular weight excluding hydrogens is 223 g/mol. The smallest absolute Gasteiger partial charge is 0.123 e. The van der Waals surface area contributed by atoms with Crippen LogP contribution >= 0.6 is 12.6 Å². The summed E-state index contributed by atoms with van der Waals surface area (Å²) in [7, 11) is 0. The van der Waals surface area contributed by atoms with Gasteiger partial charge in [0.1, 0.15) is 5.82 Å². The van der Waals surface area contributed by atoms with Gasteiger partial charge in [0.15, 0.2) is 0 Å². The standard InChI is InChI=1S/C12H17FN2S/c1-10-8-14(6-7-15(10)9-16)12-4-2-11(13)3-5-12/h2-5,10,16H,6-9H2,1H3. The van der Waals surface area contributed by atoms with Gasteiger partial charge in [0.05, 0.1) is 0 Å². The van der Waals surface area contributed by atoms with E-state index in [9.17, 15) is 4.39 Å². The number of halogens is 1. The van der Waals surface area contributed by atoms with Gasteiger partial charge in [0.25, 0.3) is 0 Å². The molecular formula is C12H17FN2S. The fraction of sp³-hybridized carbons (Fsp3) is 0.500. The fourth-order valence-electron chi connectivity index (χ4n) is 2.09. The maximum atomic E-state index is 12.8. The maximum absolute atomic E-state index is 12.8. The summed E-state index contributed by atoms with van der Waals surface area (Å²) in [5, 5.41) is 0. The molecule has 0 radical (unpaired) electrons. The average Bonchev–Trinajstić information content (AvgIpc) is 2.30. The lowest BCUT2D eigenvalue weighted by Crippen LogP contribution is -2.51. The van der Waals surface area contributed by atoms with E-state index in [1.54, 1.807) is 0 Å². The van der Waals surface area contributed by atoms with E-state index < -0.39 is 0 Å². The molecule has 1 aliphatic heterocycles. The van der Waals surface area contributed by atoms with Gasteiger partial charge < -0.3 is 4.90 Å². The molecule has 1 aromatic carbocycles. The van der Waals surface area contributed by atoms with Crippen LogP contribution in [0.25, 0.3) is 0 Å². The van der Waals surface area contributed by atoms with Crippen LogP contribution in [0, 0.1) is 5.82 Å². The van der Waals surface area contributed by atoms with Gasteiger partial charge >= 0.3 is 0 Å². The maximum Gasteiger partial charge on any atom is 0.123 e. The second-order valence-electron chi connectivity index (χ2n) is 4.23. The Hall–Kier alpha value is -0.740. The van der Waals surface area contributed by atoms with Crippen LogP contribution in [0.3, 0.4) is 0 Å². The van der Waals surface area contributed by atoms with Crippen molar-refractivity contribution in [2.24, 2.45) is 0 Å². The number of hydrogen-bond donors (Lipinski definition) is 1. The Bertz CT molecular complexity index is 341. The summed E-state index contributed by atoms with van der Waals surface area (Å²) in [6, 6.07) is 7.23. The van der Waals surface area contributed by atoms with Gasteiger partial charge in [-0.1, -0.05) is 0 Å². The molecule has 1 heterocycles. The molecule has 2 nitrogen and oxygen atoms in total. The third-order valence-corrected chi connectivity index (χ3v) is 3.50. The van der Waals surface area contributed by atoms with Gasteiger partial charge in [0, 0.05) is 37.2 Å². The highest BCUT2D eigenvalue weighted by Crippen LogP contribution is 2.19. The molecule has 0 spiro atoms. The number of piperazine rings is 1. The molecule has 0 bridgehead atoms. The van der Waals surface area contributed by atoms with Crippen molar-refractivity contribution >= 4 is 18.3 Å².